The van der Waals surface area contributed by atoms with Crippen LogP contribution in [-0.2, 0) is 12.8 Å². The van der Waals surface area contributed by atoms with E-state index in [1.807, 2.05) is 12.1 Å². The van der Waals surface area contributed by atoms with Gasteiger partial charge in [0.1, 0.15) is 0 Å². The first-order chi connectivity index (χ1) is 10.8. The van der Waals surface area contributed by atoms with Crippen LogP contribution < -0.4 is 14.8 Å². The molecule has 0 bridgehead atoms. The molecule has 0 unspecified atom stereocenters. The molecule has 2 aromatic heterocycles. The Morgan fingerprint density at radius 3 is 2.68 bits per heavy atom. The lowest BCUT2D eigenvalue weighted by Gasteiger charge is -2.06. The molecule has 5 nitrogen and oxygen atoms in total. The van der Waals surface area contributed by atoms with Crippen molar-refractivity contribution in [2.45, 2.75) is 25.7 Å². The minimum absolute atomic E-state index is 0.294. The third kappa shape index (κ3) is 2.04. The fourth-order valence-electron chi connectivity index (χ4n) is 2.87. The number of rotatable bonds is 2. The van der Waals surface area contributed by atoms with Gasteiger partial charge in [0, 0.05) is 17.0 Å². The first-order valence-corrected chi connectivity index (χ1v) is 8.94. The molecule has 22 heavy (non-hydrogen) atoms. The van der Waals surface area contributed by atoms with Gasteiger partial charge in [0.2, 0.25) is 6.79 Å². The second-order valence-electron chi connectivity index (χ2n) is 5.41. The Kier molecular flexibility index (Phi) is 2.78. The maximum absolute atomic E-state index is 5.42. The number of hydrogen-bond acceptors (Lipinski definition) is 7. The molecule has 5 rings (SSSR count). The van der Waals surface area contributed by atoms with Crippen molar-refractivity contribution in [1.82, 2.24) is 9.97 Å². The molecule has 1 N–H and O–H groups in total. The number of aromatic nitrogens is 2. The van der Waals surface area contributed by atoms with E-state index in [4.69, 9.17) is 14.5 Å². The summed E-state index contributed by atoms with van der Waals surface area (Å²) in [5.74, 6) is 1.57. The summed E-state index contributed by atoms with van der Waals surface area (Å²) in [6, 6.07) is 3.93. The van der Waals surface area contributed by atoms with Crippen molar-refractivity contribution in [3.05, 3.63) is 22.7 Å². The number of nitrogens with zero attached hydrogens (tertiary/aromatic N) is 2. The molecule has 3 heterocycles. The summed E-state index contributed by atoms with van der Waals surface area (Å²) in [5.41, 5.74) is 2.19. The lowest BCUT2D eigenvalue weighted by molar-refractivity contribution is 0.174. The molecular weight excluding hydrogens is 318 g/mol. The van der Waals surface area contributed by atoms with Crippen LogP contribution in [0.15, 0.2) is 12.1 Å². The predicted molar refractivity (Wildman–Crippen MR) is 87.8 cm³/mol. The number of anilines is 2. The molecule has 1 aliphatic carbocycles. The van der Waals surface area contributed by atoms with Crippen LogP contribution >= 0.6 is 22.7 Å². The van der Waals surface area contributed by atoms with Crippen LogP contribution in [0.5, 0.6) is 11.5 Å². The molecule has 0 radical (unpaired) electrons. The lowest BCUT2D eigenvalue weighted by atomic mass is 10.0. The summed E-state index contributed by atoms with van der Waals surface area (Å²) < 4.78 is 11.9. The zero-order chi connectivity index (χ0) is 14.5. The van der Waals surface area contributed by atoms with E-state index in [0.29, 0.717) is 6.79 Å². The van der Waals surface area contributed by atoms with Gasteiger partial charge in [-0.05, 0) is 25.7 Å². The summed E-state index contributed by atoms with van der Waals surface area (Å²) in [5, 5.41) is 5.17. The Labute approximate surface area is 134 Å². The third-order valence-corrected chi connectivity index (χ3v) is 5.95. The number of fused-ring (bicyclic) bond motifs is 3. The van der Waals surface area contributed by atoms with Gasteiger partial charge in [0.25, 0.3) is 0 Å². The van der Waals surface area contributed by atoms with Crippen LogP contribution in [0.4, 0.5) is 10.3 Å². The quantitative estimate of drug-likeness (QED) is 0.766. The molecule has 0 saturated heterocycles. The molecule has 0 saturated carbocycles. The van der Waals surface area contributed by atoms with Gasteiger partial charge in [-0.2, -0.15) is 0 Å². The highest BCUT2D eigenvalue weighted by Crippen LogP contribution is 2.40. The maximum Gasteiger partial charge on any atom is 0.231 e. The molecule has 0 atom stereocenters. The molecule has 0 spiro atoms. The average molecular weight is 331 g/mol. The summed E-state index contributed by atoms with van der Waals surface area (Å²) in [7, 11) is 0. The summed E-state index contributed by atoms with van der Waals surface area (Å²) in [6.07, 6.45) is 4.80. The Morgan fingerprint density at radius 2 is 1.77 bits per heavy atom. The van der Waals surface area contributed by atoms with E-state index < -0.39 is 0 Å². The molecule has 0 fully saturated rings. The number of aryl methyl sites for hydroxylation is 2. The lowest BCUT2D eigenvalue weighted by Crippen LogP contribution is -1.99. The summed E-state index contributed by atoms with van der Waals surface area (Å²) >= 11 is 3.37. The van der Waals surface area contributed by atoms with E-state index in [1.165, 1.54) is 23.4 Å². The van der Waals surface area contributed by atoms with Gasteiger partial charge in [0.15, 0.2) is 21.8 Å². The number of benzene rings is 1. The molecule has 7 heteroatoms. The standard InChI is InChI=1S/C15H13N3O2S2/c1-2-4-12-8(3-1)16-14(21-12)18-15-17-9-5-10-11(20-7-19-10)6-13(9)22-15/h5-6H,1-4,7H2,(H,16,17,18). The molecule has 112 valence electrons. The number of nitrogens with one attached hydrogen (secondary N) is 1. The average Bonchev–Trinajstić information content (AvgIpc) is 3.20. The number of ether oxygens (including phenoxy) is 2. The van der Waals surface area contributed by atoms with Crippen molar-refractivity contribution in [2.75, 3.05) is 12.1 Å². The molecule has 2 aliphatic rings. The number of hydrogen-bond donors (Lipinski definition) is 1. The highest BCUT2D eigenvalue weighted by molar-refractivity contribution is 7.22. The van der Waals surface area contributed by atoms with Crippen LogP contribution in [0.1, 0.15) is 23.4 Å². The van der Waals surface area contributed by atoms with E-state index in [-0.39, 0.29) is 0 Å². The van der Waals surface area contributed by atoms with Gasteiger partial charge in [-0.15, -0.1) is 11.3 Å². The molecule has 1 aromatic carbocycles. The van der Waals surface area contributed by atoms with Crippen LogP contribution in [0.3, 0.4) is 0 Å². The Bertz CT molecular complexity index is 807. The first-order valence-electron chi connectivity index (χ1n) is 7.31. The van der Waals surface area contributed by atoms with Gasteiger partial charge in [-0.3, -0.25) is 0 Å². The summed E-state index contributed by atoms with van der Waals surface area (Å²) in [4.78, 5) is 10.8. The van der Waals surface area contributed by atoms with Crippen molar-refractivity contribution < 1.29 is 9.47 Å². The molecule has 1 aliphatic heterocycles. The molecular formula is C15H13N3O2S2. The topological polar surface area (TPSA) is 56.3 Å². The normalized spacial score (nSPS) is 16.0. The fourth-order valence-corrected chi connectivity index (χ4v) is 4.86. The molecule has 0 amide bonds. The SMILES string of the molecule is c1c2c(cc3sc(Nc4nc5c(s4)CCCC5)nc13)OCO2. The zero-order valence-electron chi connectivity index (χ0n) is 11.7. The second kappa shape index (κ2) is 4.82. The van der Waals surface area contributed by atoms with Crippen LogP contribution in [0.2, 0.25) is 0 Å². The van der Waals surface area contributed by atoms with Crippen molar-refractivity contribution in [3.8, 4) is 11.5 Å². The van der Waals surface area contributed by atoms with E-state index >= 15 is 0 Å². The van der Waals surface area contributed by atoms with Crippen LogP contribution in [-0.4, -0.2) is 16.8 Å². The largest absolute Gasteiger partial charge is 0.454 e. The third-order valence-electron chi connectivity index (χ3n) is 3.94. The Morgan fingerprint density at radius 1 is 0.955 bits per heavy atom. The zero-order valence-corrected chi connectivity index (χ0v) is 13.4. The minimum atomic E-state index is 0.294. The minimum Gasteiger partial charge on any atom is -0.454 e. The first kappa shape index (κ1) is 12.7. The Balaban J connectivity index is 1.48. The monoisotopic (exact) mass is 331 g/mol. The van der Waals surface area contributed by atoms with E-state index in [1.54, 1.807) is 22.7 Å². The smallest absolute Gasteiger partial charge is 0.231 e. The Hall–Kier alpha value is -1.86. The van der Waals surface area contributed by atoms with Crippen molar-refractivity contribution in [2.24, 2.45) is 0 Å². The van der Waals surface area contributed by atoms with Gasteiger partial charge in [0.05, 0.1) is 15.9 Å². The highest BCUT2D eigenvalue weighted by Gasteiger charge is 2.18. The van der Waals surface area contributed by atoms with Gasteiger partial charge < -0.3 is 14.8 Å². The molecule has 3 aromatic rings. The van der Waals surface area contributed by atoms with Crippen molar-refractivity contribution >= 4 is 43.2 Å². The van der Waals surface area contributed by atoms with E-state index in [2.05, 4.69) is 10.3 Å². The fraction of sp³-hybridized carbons (Fsp3) is 0.333. The number of thiazole rings is 2. The predicted octanol–water partition coefficient (Wildman–Crippen LogP) is 4.10. The summed E-state index contributed by atoms with van der Waals surface area (Å²) in [6.45, 7) is 0.294. The van der Waals surface area contributed by atoms with Crippen LogP contribution in [0.25, 0.3) is 10.2 Å². The van der Waals surface area contributed by atoms with Gasteiger partial charge in [-0.25, -0.2) is 9.97 Å². The van der Waals surface area contributed by atoms with Crippen LogP contribution in [0, 0.1) is 0 Å². The van der Waals surface area contributed by atoms with Gasteiger partial charge in [-0.1, -0.05) is 11.3 Å². The van der Waals surface area contributed by atoms with Gasteiger partial charge >= 0.3 is 0 Å². The highest BCUT2D eigenvalue weighted by atomic mass is 32.1. The van der Waals surface area contributed by atoms with E-state index in [0.717, 1.165) is 44.8 Å². The maximum atomic E-state index is 5.42. The second-order valence-corrected chi connectivity index (χ2v) is 7.53. The van der Waals surface area contributed by atoms with E-state index in [9.17, 15) is 0 Å². The van der Waals surface area contributed by atoms with Crippen molar-refractivity contribution in [3.63, 3.8) is 0 Å². The van der Waals surface area contributed by atoms with Crippen molar-refractivity contribution in [1.29, 1.82) is 0 Å².